The summed E-state index contributed by atoms with van der Waals surface area (Å²) < 4.78 is 5.62. The van der Waals surface area contributed by atoms with E-state index in [2.05, 4.69) is 20.2 Å². The molecular weight excluding hydrogens is 282 g/mol. The van der Waals surface area contributed by atoms with E-state index < -0.39 is 0 Å². The lowest BCUT2D eigenvalue weighted by Crippen LogP contribution is -2.54. The number of carbonyl (C=O) groups excluding carboxylic acids is 1. The Labute approximate surface area is 130 Å². The Morgan fingerprint density at radius 2 is 2.05 bits per heavy atom. The number of piperazine rings is 1. The Hall–Kier alpha value is -1.89. The van der Waals surface area contributed by atoms with Gasteiger partial charge in [0, 0.05) is 45.2 Å². The quantitative estimate of drug-likeness (QED) is 0.897. The van der Waals surface area contributed by atoms with Crippen molar-refractivity contribution >= 4 is 12.0 Å². The van der Waals surface area contributed by atoms with Gasteiger partial charge in [-0.15, -0.1) is 0 Å². The summed E-state index contributed by atoms with van der Waals surface area (Å²) in [4.78, 5) is 24.8. The average molecular weight is 305 g/mol. The highest BCUT2D eigenvalue weighted by Gasteiger charge is 2.27. The van der Waals surface area contributed by atoms with Gasteiger partial charge in [-0.3, -0.25) is 0 Å². The number of urea groups is 1. The normalized spacial score (nSPS) is 23.4. The fourth-order valence-electron chi connectivity index (χ4n) is 2.94. The first-order chi connectivity index (χ1) is 10.7. The third kappa shape index (κ3) is 3.47. The molecule has 1 aromatic heterocycles. The van der Waals surface area contributed by atoms with E-state index in [1.165, 1.54) is 0 Å². The number of nitrogens with zero attached hydrogens (tertiary/aromatic N) is 4. The zero-order valence-electron chi connectivity index (χ0n) is 12.9. The fraction of sp³-hybridized carbons (Fsp3) is 0.667. The Morgan fingerprint density at radius 3 is 2.68 bits per heavy atom. The average Bonchev–Trinajstić information content (AvgIpc) is 3.10. The minimum absolute atomic E-state index is 0.00312. The van der Waals surface area contributed by atoms with Crippen LogP contribution in [0.3, 0.4) is 0 Å². The van der Waals surface area contributed by atoms with E-state index >= 15 is 0 Å². The molecule has 0 unspecified atom stereocenters. The Morgan fingerprint density at radius 1 is 1.32 bits per heavy atom. The van der Waals surface area contributed by atoms with Crippen LogP contribution in [-0.4, -0.2) is 65.8 Å². The third-order valence-electron chi connectivity index (χ3n) is 4.28. The molecule has 1 N–H and O–H groups in total. The molecular formula is C15H23N5O2. The topological polar surface area (TPSA) is 70.6 Å². The molecule has 0 aliphatic carbocycles. The number of hydrogen-bond donors (Lipinski definition) is 1. The fourth-order valence-corrected chi connectivity index (χ4v) is 2.94. The molecule has 2 aliphatic heterocycles. The lowest BCUT2D eigenvalue weighted by molar-refractivity contribution is 0.0831. The number of anilines is 1. The lowest BCUT2D eigenvalue weighted by Gasteiger charge is -2.35. The van der Waals surface area contributed by atoms with Gasteiger partial charge in [-0.05, 0) is 25.8 Å². The summed E-state index contributed by atoms with van der Waals surface area (Å²) >= 11 is 0. The molecule has 2 amide bonds. The van der Waals surface area contributed by atoms with Crippen molar-refractivity contribution < 1.29 is 9.53 Å². The van der Waals surface area contributed by atoms with Gasteiger partial charge >= 0.3 is 6.03 Å². The number of amides is 2. The summed E-state index contributed by atoms with van der Waals surface area (Å²) in [6.07, 6.45) is 5.75. The molecule has 120 valence electrons. The standard InChI is InChI=1S/C15H23N5O2/c1-12(13-4-2-11-22-13)18-15(21)20-9-7-19(8-10-20)14-16-5-3-6-17-14/h3,5-6,12-13H,2,4,7-11H2,1H3,(H,18,21)/t12-,13-/m0/s1. The molecule has 1 aromatic rings. The Balaban J connectivity index is 1.47. The number of carbonyl (C=O) groups is 1. The molecule has 7 nitrogen and oxygen atoms in total. The summed E-state index contributed by atoms with van der Waals surface area (Å²) in [7, 11) is 0. The van der Waals surface area contributed by atoms with Crippen molar-refractivity contribution in [3.8, 4) is 0 Å². The molecule has 0 radical (unpaired) electrons. The van der Waals surface area contributed by atoms with Crippen LogP contribution < -0.4 is 10.2 Å². The van der Waals surface area contributed by atoms with Crippen molar-refractivity contribution in [2.24, 2.45) is 0 Å². The molecule has 0 bridgehead atoms. The maximum absolute atomic E-state index is 12.3. The Bertz CT molecular complexity index is 484. The van der Waals surface area contributed by atoms with Crippen LogP contribution in [0.4, 0.5) is 10.7 Å². The molecule has 2 fully saturated rings. The van der Waals surface area contributed by atoms with Crippen molar-refractivity contribution in [3.05, 3.63) is 18.5 Å². The summed E-state index contributed by atoms with van der Waals surface area (Å²) in [5.74, 6) is 0.732. The van der Waals surface area contributed by atoms with Crippen LogP contribution in [-0.2, 0) is 4.74 Å². The molecule has 2 atom stereocenters. The number of nitrogens with one attached hydrogen (secondary N) is 1. The van der Waals surface area contributed by atoms with Gasteiger partial charge in [0.25, 0.3) is 0 Å². The Kier molecular flexibility index (Phi) is 4.72. The molecule has 0 spiro atoms. The maximum Gasteiger partial charge on any atom is 0.317 e. The smallest absolute Gasteiger partial charge is 0.317 e. The lowest BCUT2D eigenvalue weighted by atomic mass is 10.1. The molecule has 3 rings (SSSR count). The van der Waals surface area contributed by atoms with Gasteiger partial charge in [0.15, 0.2) is 0 Å². The van der Waals surface area contributed by atoms with E-state index in [-0.39, 0.29) is 18.2 Å². The number of rotatable bonds is 3. The van der Waals surface area contributed by atoms with E-state index in [0.29, 0.717) is 13.1 Å². The van der Waals surface area contributed by atoms with Gasteiger partial charge in [-0.25, -0.2) is 14.8 Å². The van der Waals surface area contributed by atoms with Crippen molar-refractivity contribution in [3.63, 3.8) is 0 Å². The zero-order valence-corrected chi connectivity index (χ0v) is 12.9. The molecule has 0 saturated carbocycles. The molecule has 0 aromatic carbocycles. The van der Waals surface area contributed by atoms with Crippen molar-refractivity contribution in [1.82, 2.24) is 20.2 Å². The summed E-state index contributed by atoms with van der Waals surface area (Å²) in [5.41, 5.74) is 0. The molecule has 3 heterocycles. The maximum atomic E-state index is 12.3. The summed E-state index contributed by atoms with van der Waals surface area (Å²) in [6, 6.07) is 1.86. The van der Waals surface area contributed by atoms with E-state index in [9.17, 15) is 4.79 Å². The van der Waals surface area contributed by atoms with Crippen LogP contribution in [0.25, 0.3) is 0 Å². The second-order valence-electron chi connectivity index (χ2n) is 5.81. The summed E-state index contributed by atoms with van der Waals surface area (Å²) in [6.45, 7) is 5.70. The summed E-state index contributed by atoms with van der Waals surface area (Å²) in [5, 5.41) is 3.06. The minimum atomic E-state index is -0.00312. The highest BCUT2D eigenvalue weighted by molar-refractivity contribution is 5.74. The molecule has 7 heteroatoms. The monoisotopic (exact) mass is 305 g/mol. The number of aromatic nitrogens is 2. The predicted molar refractivity (Wildman–Crippen MR) is 82.8 cm³/mol. The van der Waals surface area contributed by atoms with Crippen LogP contribution in [0.15, 0.2) is 18.5 Å². The van der Waals surface area contributed by atoms with E-state index in [1.54, 1.807) is 18.5 Å². The van der Waals surface area contributed by atoms with Crippen molar-refractivity contribution in [2.45, 2.75) is 31.9 Å². The van der Waals surface area contributed by atoms with Gasteiger partial charge in [0.05, 0.1) is 12.1 Å². The van der Waals surface area contributed by atoms with Gasteiger partial charge in [-0.2, -0.15) is 0 Å². The van der Waals surface area contributed by atoms with E-state index in [0.717, 1.165) is 38.5 Å². The largest absolute Gasteiger partial charge is 0.376 e. The zero-order chi connectivity index (χ0) is 15.4. The van der Waals surface area contributed by atoms with Gasteiger partial charge < -0.3 is 19.9 Å². The van der Waals surface area contributed by atoms with Crippen molar-refractivity contribution in [2.75, 3.05) is 37.7 Å². The van der Waals surface area contributed by atoms with Gasteiger partial charge in [0.1, 0.15) is 0 Å². The van der Waals surface area contributed by atoms with Crippen LogP contribution in [0.5, 0.6) is 0 Å². The SMILES string of the molecule is C[C@H](NC(=O)N1CCN(c2ncccn2)CC1)[C@@H]1CCCO1. The van der Waals surface area contributed by atoms with Crippen LogP contribution >= 0.6 is 0 Å². The minimum Gasteiger partial charge on any atom is -0.376 e. The highest BCUT2D eigenvalue weighted by Crippen LogP contribution is 2.16. The van der Waals surface area contributed by atoms with Crippen LogP contribution in [0.1, 0.15) is 19.8 Å². The van der Waals surface area contributed by atoms with Crippen LogP contribution in [0, 0.1) is 0 Å². The van der Waals surface area contributed by atoms with Gasteiger partial charge in [0.2, 0.25) is 5.95 Å². The molecule has 2 aliphatic rings. The molecule has 2 saturated heterocycles. The first-order valence-electron chi connectivity index (χ1n) is 7.93. The number of hydrogen-bond acceptors (Lipinski definition) is 5. The molecule has 22 heavy (non-hydrogen) atoms. The first kappa shape index (κ1) is 15.0. The first-order valence-corrected chi connectivity index (χ1v) is 7.93. The van der Waals surface area contributed by atoms with Crippen LogP contribution in [0.2, 0.25) is 0 Å². The van der Waals surface area contributed by atoms with E-state index in [4.69, 9.17) is 4.74 Å². The van der Waals surface area contributed by atoms with Gasteiger partial charge in [-0.1, -0.05) is 0 Å². The predicted octanol–water partition coefficient (Wildman–Crippen LogP) is 0.876. The second kappa shape index (κ2) is 6.91. The van der Waals surface area contributed by atoms with Crippen molar-refractivity contribution in [1.29, 1.82) is 0 Å². The second-order valence-corrected chi connectivity index (χ2v) is 5.81. The third-order valence-corrected chi connectivity index (χ3v) is 4.28. The number of ether oxygens (including phenoxy) is 1. The van der Waals surface area contributed by atoms with E-state index in [1.807, 2.05) is 11.8 Å². The highest BCUT2D eigenvalue weighted by atomic mass is 16.5.